The van der Waals surface area contributed by atoms with Crippen LogP contribution in [0, 0.1) is 0 Å². The van der Waals surface area contributed by atoms with Gasteiger partial charge in [0.15, 0.2) is 0 Å². The average molecular weight is 296 g/mol. The van der Waals surface area contributed by atoms with Gasteiger partial charge in [-0.1, -0.05) is 12.8 Å². The molecule has 5 nitrogen and oxygen atoms in total. The molecule has 0 spiro atoms. The zero-order valence-corrected chi connectivity index (χ0v) is 13.5. The van der Waals surface area contributed by atoms with E-state index in [1.807, 2.05) is 20.8 Å². The molecule has 2 amide bonds. The number of hydrogen-bond donors (Lipinski definition) is 1. The molecular weight excluding hydrogens is 268 g/mol. The van der Waals surface area contributed by atoms with Crippen LogP contribution in [0.5, 0.6) is 0 Å². The van der Waals surface area contributed by atoms with Gasteiger partial charge in [-0.25, -0.2) is 4.79 Å². The summed E-state index contributed by atoms with van der Waals surface area (Å²) in [7, 11) is 0. The maximum atomic E-state index is 12.4. The molecule has 21 heavy (non-hydrogen) atoms. The number of alkyl carbamates (subject to hydrolysis) is 1. The van der Waals surface area contributed by atoms with Crippen molar-refractivity contribution in [1.82, 2.24) is 10.2 Å². The van der Waals surface area contributed by atoms with Gasteiger partial charge in [-0.05, 0) is 46.5 Å². The summed E-state index contributed by atoms with van der Waals surface area (Å²) in [6, 6.07) is 0.897. The van der Waals surface area contributed by atoms with Gasteiger partial charge in [0, 0.05) is 25.0 Å². The number of amides is 2. The third kappa shape index (κ3) is 5.21. The fraction of sp³-hybridized carbons (Fsp3) is 0.875. The summed E-state index contributed by atoms with van der Waals surface area (Å²) in [6.45, 7) is 5.83. The Balaban J connectivity index is 1.73. The van der Waals surface area contributed by atoms with E-state index in [0.717, 1.165) is 25.7 Å². The van der Waals surface area contributed by atoms with Crippen molar-refractivity contribution < 1.29 is 14.3 Å². The molecule has 0 aromatic carbocycles. The van der Waals surface area contributed by atoms with E-state index in [1.54, 1.807) is 0 Å². The van der Waals surface area contributed by atoms with Crippen molar-refractivity contribution in [1.29, 1.82) is 0 Å². The van der Waals surface area contributed by atoms with Gasteiger partial charge in [0.1, 0.15) is 5.60 Å². The highest BCUT2D eigenvalue weighted by Gasteiger charge is 2.37. The van der Waals surface area contributed by atoms with Gasteiger partial charge in [0.05, 0.1) is 0 Å². The Morgan fingerprint density at radius 3 is 2.19 bits per heavy atom. The maximum Gasteiger partial charge on any atom is 0.407 e. The molecule has 0 aliphatic heterocycles. The van der Waals surface area contributed by atoms with Crippen molar-refractivity contribution in [2.24, 2.45) is 0 Å². The lowest BCUT2D eigenvalue weighted by molar-refractivity contribution is -0.134. The highest BCUT2D eigenvalue weighted by atomic mass is 16.6. The fourth-order valence-corrected chi connectivity index (χ4v) is 2.96. The third-order valence-electron chi connectivity index (χ3n) is 3.95. The van der Waals surface area contributed by atoms with Crippen molar-refractivity contribution in [3.8, 4) is 0 Å². The van der Waals surface area contributed by atoms with Gasteiger partial charge in [-0.3, -0.25) is 4.79 Å². The van der Waals surface area contributed by atoms with Crippen molar-refractivity contribution in [3.05, 3.63) is 0 Å². The van der Waals surface area contributed by atoms with Gasteiger partial charge in [0.25, 0.3) is 0 Å². The first-order valence-corrected chi connectivity index (χ1v) is 8.15. The Labute approximate surface area is 127 Å². The fourth-order valence-electron chi connectivity index (χ4n) is 2.96. The first kappa shape index (κ1) is 16.1. The Kier molecular flexibility index (Phi) is 5.12. The van der Waals surface area contributed by atoms with Crippen LogP contribution >= 0.6 is 0 Å². The summed E-state index contributed by atoms with van der Waals surface area (Å²) < 4.78 is 5.16. The summed E-state index contributed by atoms with van der Waals surface area (Å²) >= 11 is 0. The van der Waals surface area contributed by atoms with E-state index in [9.17, 15) is 9.59 Å². The molecule has 0 radical (unpaired) electrons. The summed E-state index contributed by atoms with van der Waals surface area (Å²) in [5.41, 5.74) is -0.502. The Morgan fingerprint density at radius 2 is 1.67 bits per heavy atom. The molecule has 120 valence electrons. The van der Waals surface area contributed by atoms with E-state index >= 15 is 0 Å². The van der Waals surface area contributed by atoms with Crippen LogP contribution in [0.1, 0.15) is 65.7 Å². The second-order valence-electron chi connectivity index (χ2n) is 7.15. The zero-order valence-electron chi connectivity index (χ0n) is 13.5. The molecule has 0 heterocycles. The van der Waals surface area contributed by atoms with Crippen LogP contribution in [0.25, 0.3) is 0 Å². The van der Waals surface area contributed by atoms with E-state index in [2.05, 4.69) is 10.2 Å². The lowest BCUT2D eigenvalue weighted by Crippen LogP contribution is -2.42. The molecule has 0 aromatic rings. The molecule has 2 saturated carbocycles. The smallest absolute Gasteiger partial charge is 0.407 e. The highest BCUT2D eigenvalue weighted by molar-refractivity contribution is 5.78. The van der Waals surface area contributed by atoms with Crippen molar-refractivity contribution in [3.63, 3.8) is 0 Å². The number of carbonyl (C=O) groups is 2. The third-order valence-corrected chi connectivity index (χ3v) is 3.95. The Morgan fingerprint density at radius 1 is 1.10 bits per heavy atom. The van der Waals surface area contributed by atoms with E-state index in [4.69, 9.17) is 4.74 Å². The van der Waals surface area contributed by atoms with Crippen LogP contribution in [0.4, 0.5) is 4.79 Å². The van der Waals surface area contributed by atoms with Crippen LogP contribution in [0.15, 0.2) is 0 Å². The minimum absolute atomic E-state index is 0.181. The molecule has 0 aromatic heterocycles. The van der Waals surface area contributed by atoms with Gasteiger partial charge in [-0.2, -0.15) is 0 Å². The zero-order chi connectivity index (χ0) is 15.5. The second kappa shape index (κ2) is 6.67. The number of nitrogens with one attached hydrogen (secondary N) is 1. The largest absolute Gasteiger partial charge is 0.444 e. The molecule has 2 aliphatic rings. The standard InChI is InChI=1S/C16H28N2O3/c1-16(2,3)21-15(20)17-11-10-14(19)18(13-8-9-13)12-6-4-5-7-12/h12-13H,4-11H2,1-3H3,(H,17,20). The topological polar surface area (TPSA) is 58.6 Å². The van der Waals surface area contributed by atoms with E-state index in [0.29, 0.717) is 25.0 Å². The average Bonchev–Trinajstić information content (AvgIpc) is 3.02. The maximum absolute atomic E-state index is 12.4. The minimum Gasteiger partial charge on any atom is -0.444 e. The number of nitrogens with zero attached hydrogens (tertiary/aromatic N) is 1. The molecule has 2 fully saturated rings. The highest BCUT2D eigenvalue weighted by Crippen LogP contribution is 2.34. The molecule has 1 N–H and O–H groups in total. The van der Waals surface area contributed by atoms with Crippen molar-refractivity contribution in [2.75, 3.05) is 6.54 Å². The monoisotopic (exact) mass is 296 g/mol. The quantitative estimate of drug-likeness (QED) is 0.848. The van der Waals surface area contributed by atoms with Crippen LogP contribution in [0.3, 0.4) is 0 Å². The lowest BCUT2D eigenvalue weighted by Gasteiger charge is -2.29. The molecule has 0 bridgehead atoms. The van der Waals surface area contributed by atoms with Gasteiger partial charge in [0.2, 0.25) is 5.91 Å². The first-order chi connectivity index (χ1) is 9.87. The Bertz CT molecular complexity index is 379. The molecule has 0 atom stereocenters. The minimum atomic E-state index is -0.502. The summed E-state index contributed by atoms with van der Waals surface area (Å²) in [4.78, 5) is 26.1. The molecular formula is C16H28N2O3. The summed E-state index contributed by atoms with van der Waals surface area (Å²) in [5, 5.41) is 2.67. The number of carbonyl (C=O) groups excluding carboxylic acids is 2. The predicted octanol–water partition coefficient (Wildman–Crippen LogP) is 2.83. The first-order valence-electron chi connectivity index (χ1n) is 8.15. The number of ether oxygens (including phenoxy) is 1. The molecule has 2 rings (SSSR count). The van der Waals surface area contributed by atoms with Gasteiger partial charge < -0.3 is 15.0 Å². The van der Waals surface area contributed by atoms with Crippen LogP contribution in [-0.2, 0) is 9.53 Å². The second-order valence-corrected chi connectivity index (χ2v) is 7.15. The van der Waals surface area contributed by atoms with Gasteiger partial charge >= 0.3 is 6.09 Å². The molecule has 2 aliphatic carbocycles. The molecule has 5 heteroatoms. The van der Waals surface area contributed by atoms with E-state index < -0.39 is 11.7 Å². The number of rotatable bonds is 5. The van der Waals surface area contributed by atoms with Crippen LogP contribution in [-0.4, -0.2) is 41.1 Å². The lowest BCUT2D eigenvalue weighted by atomic mass is 10.2. The normalized spacial score (nSPS) is 19.4. The summed E-state index contributed by atoms with van der Waals surface area (Å²) in [6.07, 6.45) is 6.95. The van der Waals surface area contributed by atoms with E-state index in [-0.39, 0.29) is 5.91 Å². The van der Waals surface area contributed by atoms with Crippen molar-refractivity contribution in [2.45, 2.75) is 83.4 Å². The predicted molar refractivity (Wildman–Crippen MR) is 81.0 cm³/mol. The molecule has 0 saturated heterocycles. The van der Waals surface area contributed by atoms with Gasteiger partial charge in [-0.15, -0.1) is 0 Å². The summed E-state index contributed by atoms with van der Waals surface area (Å²) in [5.74, 6) is 0.181. The SMILES string of the molecule is CC(C)(C)OC(=O)NCCC(=O)N(C1CCCC1)C1CC1. The van der Waals surface area contributed by atoms with Crippen molar-refractivity contribution >= 4 is 12.0 Å². The Hall–Kier alpha value is -1.26. The van der Waals surface area contributed by atoms with Crippen LogP contribution in [0.2, 0.25) is 0 Å². The number of hydrogen-bond acceptors (Lipinski definition) is 3. The molecule has 0 unspecified atom stereocenters. The van der Waals surface area contributed by atoms with E-state index in [1.165, 1.54) is 12.8 Å². The van der Waals surface area contributed by atoms with Crippen LogP contribution < -0.4 is 5.32 Å².